The second kappa shape index (κ2) is 4.16. The minimum Gasteiger partial charge on any atom is -0.469 e. The van der Waals surface area contributed by atoms with Crippen molar-refractivity contribution in [3.8, 4) is 0 Å². The highest BCUT2D eigenvalue weighted by molar-refractivity contribution is 5.75. The monoisotopic (exact) mass is 156 g/mol. The summed E-state index contributed by atoms with van der Waals surface area (Å²) >= 11 is 0. The Bertz CT molecular complexity index is 148. The highest BCUT2D eigenvalue weighted by Crippen LogP contribution is 2.23. The van der Waals surface area contributed by atoms with E-state index in [0.717, 1.165) is 12.8 Å². The van der Waals surface area contributed by atoms with Gasteiger partial charge in [-0.2, -0.15) is 0 Å². The Morgan fingerprint density at radius 2 is 2.18 bits per heavy atom. The Kier molecular flexibility index (Phi) is 3.86. The summed E-state index contributed by atoms with van der Waals surface area (Å²) in [6.07, 6.45) is 3.45. The first-order valence-corrected chi connectivity index (χ1v) is 3.74. The van der Waals surface area contributed by atoms with Crippen LogP contribution in [0.25, 0.3) is 0 Å². The SMILES string of the molecule is C=CCCC(C)(C)C(=O)OC. The van der Waals surface area contributed by atoms with E-state index in [2.05, 4.69) is 11.3 Å². The van der Waals surface area contributed by atoms with Gasteiger partial charge in [-0.25, -0.2) is 0 Å². The lowest BCUT2D eigenvalue weighted by atomic mass is 9.88. The van der Waals surface area contributed by atoms with Crippen molar-refractivity contribution in [1.29, 1.82) is 0 Å². The van der Waals surface area contributed by atoms with E-state index in [9.17, 15) is 4.79 Å². The van der Waals surface area contributed by atoms with Gasteiger partial charge in [0.25, 0.3) is 0 Å². The van der Waals surface area contributed by atoms with Crippen molar-refractivity contribution in [2.24, 2.45) is 5.41 Å². The molecule has 0 bridgehead atoms. The van der Waals surface area contributed by atoms with E-state index in [-0.39, 0.29) is 11.4 Å². The molecule has 0 N–H and O–H groups in total. The summed E-state index contributed by atoms with van der Waals surface area (Å²) in [5.41, 5.74) is -0.372. The smallest absolute Gasteiger partial charge is 0.311 e. The molecule has 0 unspecified atom stereocenters. The lowest BCUT2D eigenvalue weighted by Crippen LogP contribution is -2.25. The van der Waals surface area contributed by atoms with Crippen molar-refractivity contribution in [3.05, 3.63) is 12.7 Å². The Labute approximate surface area is 68.2 Å². The number of hydrogen-bond donors (Lipinski definition) is 0. The Hall–Kier alpha value is -0.790. The molecule has 11 heavy (non-hydrogen) atoms. The van der Waals surface area contributed by atoms with Crippen LogP contribution in [0.15, 0.2) is 12.7 Å². The van der Waals surface area contributed by atoms with Gasteiger partial charge in [0, 0.05) is 0 Å². The largest absolute Gasteiger partial charge is 0.469 e. The van der Waals surface area contributed by atoms with Gasteiger partial charge >= 0.3 is 5.97 Å². The van der Waals surface area contributed by atoms with Gasteiger partial charge in [0.1, 0.15) is 0 Å². The molecule has 0 aromatic heterocycles. The Morgan fingerprint density at radius 1 is 1.64 bits per heavy atom. The van der Waals surface area contributed by atoms with Crippen LogP contribution in [0, 0.1) is 5.41 Å². The fraction of sp³-hybridized carbons (Fsp3) is 0.667. The van der Waals surface area contributed by atoms with Crippen molar-refractivity contribution in [2.75, 3.05) is 7.11 Å². The van der Waals surface area contributed by atoms with E-state index >= 15 is 0 Å². The van der Waals surface area contributed by atoms with Crippen LogP contribution in [-0.2, 0) is 9.53 Å². The number of ether oxygens (including phenoxy) is 1. The minimum atomic E-state index is -0.372. The van der Waals surface area contributed by atoms with Gasteiger partial charge < -0.3 is 4.74 Å². The average Bonchev–Trinajstić information content (AvgIpc) is 1.99. The van der Waals surface area contributed by atoms with Crippen LogP contribution in [0.3, 0.4) is 0 Å². The molecule has 0 saturated heterocycles. The number of methoxy groups -OCH3 is 1. The van der Waals surface area contributed by atoms with Crippen molar-refractivity contribution in [2.45, 2.75) is 26.7 Å². The molecule has 0 rings (SSSR count). The summed E-state index contributed by atoms with van der Waals surface area (Å²) in [5.74, 6) is -0.153. The maximum atomic E-state index is 11.1. The van der Waals surface area contributed by atoms with Gasteiger partial charge in [-0.1, -0.05) is 6.08 Å². The zero-order valence-electron chi connectivity index (χ0n) is 7.52. The molecule has 0 aliphatic heterocycles. The number of carbonyl (C=O) groups is 1. The van der Waals surface area contributed by atoms with Crippen LogP contribution in [0.1, 0.15) is 26.7 Å². The molecule has 0 radical (unpaired) electrons. The van der Waals surface area contributed by atoms with Crippen LogP contribution >= 0.6 is 0 Å². The molecule has 0 amide bonds. The summed E-state index contributed by atoms with van der Waals surface area (Å²) in [7, 11) is 1.41. The fourth-order valence-corrected chi connectivity index (χ4v) is 0.841. The molecule has 0 aromatic carbocycles. The van der Waals surface area contributed by atoms with Crippen molar-refractivity contribution in [3.63, 3.8) is 0 Å². The zero-order valence-corrected chi connectivity index (χ0v) is 7.52. The van der Waals surface area contributed by atoms with Crippen LogP contribution in [0.2, 0.25) is 0 Å². The number of carbonyl (C=O) groups excluding carboxylic acids is 1. The second-order valence-corrected chi connectivity index (χ2v) is 3.20. The molecule has 0 saturated carbocycles. The third-order valence-electron chi connectivity index (χ3n) is 1.71. The normalized spacial score (nSPS) is 10.8. The first kappa shape index (κ1) is 10.2. The third-order valence-corrected chi connectivity index (χ3v) is 1.71. The third kappa shape index (κ3) is 3.21. The topological polar surface area (TPSA) is 26.3 Å². The van der Waals surface area contributed by atoms with E-state index in [4.69, 9.17) is 0 Å². The quantitative estimate of drug-likeness (QED) is 0.460. The molecule has 0 aliphatic rings. The molecule has 0 aromatic rings. The lowest BCUT2D eigenvalue weighted by molar-refractivity contribution is -0.151. The number of allylic oxidation sites excluding steroid dienone is 1. The summed E-state index contributed by atoms with van der Waals surface area (Å²) in [5, 5.41) is 0. The number of hydrogen-bond acceptors (Lipinski definition) is 2. The highest BCUT2D eigenvalue weighted by atomic mass is 16.5. The summed E-state index contributed by atoms with van der Waals surface area (Å²) in [6, 6.07) is 0. The van der Waals surface area contributed by atoms with Crippen LogP contribution < -0.4 is 0 Å². The average molecular weight is 156 g/mol. The lowest BCUT2D eigenvalue weighted by Gasteiger charge is -2.19. The standard InChI is InChI=1S/C9H16O2/c1-5-6-7-9(2,3)8(10)11-4/h5H,1,6-7H2,2-4H3. The maximum Gasteiger partial charge on any atom is 0.311 e. The summed E-state index contributed by atoms with van der Waals surface area (Å²) < 4.78 is 4.64. The van der Waals surface area contributed by atoms with Crippen LogP contribution in [0.5, 0.6) is 0 Å². The van der Waals surface area contributed by atoms with Crippen molar-refractivity contribution < 1.29 is 9.53 Å². The predicted molar refractivity (Wildman–Crippen MR) is 45.2 cm³/mol. The molecule has 0 aliphatic carbocycles. The van der Waals surface area contributed by atoms with Crippen LogP contribution in [0.4, 0.5) is 0 Å². The minimum absolute atomic E-state index is 0.153. The Morgan fingerprint density at radius 3 is 2.55 bits per heavy atom. The molecule has 0 spiro atoms. The van der Waals surface area contributed by atoms with E-state index in [1.165, 1.54) is 7.11 Å². The van der Waals surface area contributed by atoms with Gasteiger partial charge in [-0.15, -0.1) is 6.58 Å². The second-order valence-electron chi connectivity index (χ2n) is 3.20. The van der Waals surface area contributed by atoms with E-state index in [1.807, 2.05) is 19.9 Å². The maximum absolute atomic E-state index is 11.1. The molecular formula is C9H16O2. The first-order valence-electron chi connectivity index (χ1n) is 3.74. The predicted octanol–water partition coefficient (Wildman–Crippen LogP) is 2.15. The highest BCUT2D eigenvalue weighted by Gasteiger charge is 2.27. The van der Waals surface area contributed by atoms with Gasteiger partial charge in [0.2, 0.25) is 0 Å². The fourth-order valence-electron chi connectivity index (χ4n) is 0.841. The summed E-state index contributed by atoms with van der Waals surface area (Å²) in [6.45, 7) is 7.35. The molecule has 2 heteroatoms. The van der Waals surface area contributed by atoms with E-state index < -0.39 is 0 Å². The number of rotatable bonds is 4. The van der Waals surface area contributed by atoms with Crippen LogP contribution in [-0.4, -0.2) is 13.1 Å². The van der Waals surface area contributed by atoms with Gasteiger partial charge in [0.05, 0.1) is 12.5 Å². The molecule has 0 fully saturated rings. The zero-order chi connectivity index (χ0) is 8.91. The van der Waals surface area contributed by atoms with Gasteiger partial charge in [-0.3, -0.25) is 4.79 Å². The van der Waals surface area contributed by atoms with E-state index in [1.54, 1.807) is 0 Å². The summed E-state index contributed by atoms with van der Waals surface area (Å²) in [4.78, 5) is 11.1. The number of esters is 1. The molecule has 64 valence electrons. The molecule has 2 nitrogen and oxygen atoms in total. The van der Waals surface area contributed by atoms with Gasteiger partial charge in [0.15, 0.2) is 0 Å². The first-order chi connectivity index (χ1) is 5.04. The van der Waals surface area contributed by atoms with Crippen molar-refractivity contribution >= 4 is 5.97 Å². The van der Waals surface area contributed by atoms with Gasteiger partial charge in [-0.05, 0) is 26.7 Å². The van der Waals surface area contributed by atoms with E-state index in [0.29, 0.717) is 0 Å². The Balaban J connectivity index is 3.97. The molecular weight excluding hydrogens is 140 g/mol. The molecule has 0 atom stereocenters. The van der Waals surface area contributed by atoms with Crippen molar-refractivity contribution in [1.82, 2.24) is 0 Å². The molecule has 0 heterocycles.